The number of nitrogens with one attached hydrogen (secondary N) is 1. The number of aromatic amines is 1. The number of aliphatic hydroxyl groups is 1. The van der Waals surface area contributed by atoms with E-state index in [2.05, 4.69) is 10.2 Å². The van der Waals surface area contributed by atoms with E-state index in [-0.39, 0.29) is 12.2 Å². The molecule has 1 aliphatic rings. The summed E-state index contributed by atoms with van der Waals surface area (Å²) < 4.78 is 0. The zero-order valence-electron chi connectivity index (χ0n) is 6.79. The minimum atomic E-state index is -0.548. The molecule has 0 aliphatic heterocycles. The lowest BCUT2D eigenvalue weighted by molar-refractivity contribution is 0.0851. The van der Waals surface area contributed by atoms with Crippen LogP contribution in [0.15, 0.2) is 0 Å². The first-order valence-electron chi connectivity index (χ1n) is 3.93. The van der Waals surface area contributed by atoms with Crippen LogP contribution >= 0.6 is 0 Å². The van der Waals surface area contributed by atoms with Crippen molar-refractivity contribution in [3.63, 3.8) is 0 Å². The van der Waals surface area contributed by atoms with Crippen molar-refractivity contribution in [3.8, 4) is 0 Å². The fourth-order valence-electron chi connectivity index (χ4n) is 1.61. The molecule has 0 fully saturated rings. The second kappa shape index (κ2) is 2.42. The van der Waals surface area contributed by atoms with Crippen LogP contribution in [-0.4, -0.2) is 27.2 Å². The molecule has 12 heavy (non-hydrogen) atoms. The van der Waals surface area contributed by atoms with Crippen molar-refractivity contribution in [1.82, 2.24) is 10.2 Å². The van der Waals surface area contributed by atoms with Crippen molar-refractivity contribution >= 4 is 5.78 Å². The maximum Gasteiger partial charge on any atom is 0.169 e. The van der Waals surface area contributed by atoms with Crippen LogP contribution in [0.1, 0.15) is 28.2 Å². The minimum absolute atomic E-state index is 0.00463. The van der Waals surface area contributed by atoms with E-state index in [1.165, 1.54) is 0 Å². The molecule has 0 saturated carbocycles. The number of Topliss-reactive ketones (excluding diaryl/α,β-unsaturated/α-hetero) is 1. The van der Waals surface area contributed by atoms with Gasteiger partial charge in [-0.05, 0) is 6.92 Å². The van der Waals surface area contributed by atoms with Crippen LogP contribution in [0, 0.1) is 6.92 Å². The Labute approximate surface area is 69.6 Å². The average Bonchev–Trinajstić information content (AvgIpc) is 2.31. The molecule has 1 aliphatic carbocycles. The summed E-state index contributed by atoms with van der Waals surface area (Å²) in [6.07, 6.45) is 0.173. The summed E-state index contributed by atoms with van der Waals surface area (Å²) in [6, 6.07) is 0. The van der Waals surface area contributed by atoms with Gasteiger partial charge in [0, 0.05) is 18.5 Å². The second-order valence-corrected chi connectivity index (χ2v) is 3.16. The predicted molar refractivity (Wildman–Crippen MR) is 42.0 cm³/mol. The smallest absolute Gasteiger partial charge is 0.169 e. The molecule has 0 aromatic carbocycles. The molecule has 64 valence electrons. The number of aliphatic hydroxyl groups excluding tert-OH is 1. The molecule has 0 saturated heterocycles. The van der Waals surface area contributed by atoms with Gasteiger partial charge in [0.1, 0.15) is 0 Å². The van der Waals surface area contributed by atoms with Gasteiger partial charge >= 0.3 is 0 Å². The Morgan fingerprint density at radius 1 is 1.58 bits per heavy atom. The Kier molecular flexibility index (Phi) is 1.51. The van der Waals surface area contributed by atoms with Crippen molar-refractivity contribution in [3.05, 3.63) is 17.0 Å². The molecule has 4 nitrogen and oxygen atoms in total. The first-order chi connectivity index (χ1) is 5.68. The number of aromatic nitrogens is 2. The van der Waals surface area contributed by atoms with E-state index in [1.54, 1.807) is 0 Å². The lowest BCUT2D eigenvalue weighted by Gasteiger charge is -2.14. The van der Waals surface area contributed by atoms with Crippen molar-refractivity contribution in [2.45, 2.75) is 25.9 Å². The van der Waals surface area contributed by atoms with Crippen LogP contribution in [0.3, 0.4) is 0 Å². The minimum Gasteiger partial charge on any atom is -0.392 e. The molecule has 1 heterocycles. The summed E-state index contributed by atoms with van der Waals surface area (Å²) in [7, 11) is 0. The lowest BCUT2D eigenvalue weighted by Crippen LogP contribution is -2.23. The Morgan fingerprint density at radius 3 is 3.08 bits per heavy atom. The number of hydrogen-bond donors (Lipinski definition) is 2. The van der Waals surface area contributed by atoms with Gasteiger partial charge in [0.25, 0.3) is 0 Å². The highest BCUT2D eigenvalue weighted by atomic mass is 16.3. The molecule has 1 aromatic rings. The maximum atomic E-state index is 11.4. The molecule has 4 heteroatoms. The molecule has 1 atom stereocenters. The number of H-pyrrole nitrogens is 1. The first-order valence-corrected chi connectivity index (χ1v) is 3.93. The number of fused-ring (bicyclic) bond motifs is 1. The molecule has 1 aromatic heterocycles. The highest BCUT2D eigenvalue weighted by Gasteiger charge is 2.27. The van der Waals surface area contributed by atoms with E-state index >= 15 is 0 Å². The van der Waals surface area contributed by atoms with E-state index < -0.39 is 6.10 Å². The van der Waals surface area contributed by atoms with Crippen molar-refractivity contribution < 1.29 is 9.90 Å². The number of carbonyl (C=O) groups excluding carboxylic acids is 1. The van der Waals surface area contributed by atoms with Crippen LogP contribution in [0.4, 0.5) is 0 Å². The normalized spacial score (nSPS) is 22.5. The van der Waals surface area contributed by atoms with Crippen LogP contribution in [0.5, 0.6) is 0 Å². The molecule has 0 spiro atoms. The third-order valence-electron chi connectivity index (χ3n) is 2.15. The van der Waals surface area contributed by atoms with Gasteiger partial charge in [-0.25, -0.2) is 0 Å². The molecule has 2 rings (SSSR count). The van der Waals surface area contributed by atoms with E-state index in [9.17, 15) is 9.90 Å². The standard InChI is InChI=1S/C8H10N2O2/c1-4-8-6(10-9-4)2-5(11)3-7(8)12/h5,11H,2-3H2,1H3,(H,9,10). The maximum absolute atomic E-state index is 11.4. The highest BCUT2D eigenvalue weighted by molar-refractivity contribution is 5.99. The van der Waals surface area contributed by atoms with Crippen LogP contribution in [0.2, 0.25) is 0 Å². The van der Waals surface area contributed by atoms with Gasteiger partial charge in [-0.15, -0.1) is 0 Å². The van der Waals surface area contributed by atoms with Crippen LogP contribution in [-0.2, 0) is 6.42 Å². The SMILES string of the molecule is Cc1[nH]nc2c1C(=O)CC(O)C2. The van der Waals surface area contributed by atoms with E-state index in [0.29, 0.717) is 17.7 Å². The predicted octanol–water partition coefficient (Wildman–Crippen LogP) is 0.208. The summed E-state index contributed by atoms with van der Waals surface area (Å²) in [6.45, 7) is 1.82. The fourth-order valence-corrected chi connectivity index (χ4v) is 1.61. The molecule has 0 bridgehead atoms. The summed E-state index contributed by atoms with van der Waals surface area (Å²) in [5, 5.41) is 16.0. The van der Waals surface area contributed by atoms with Crippen molar-refractivity contribution in [1.29, 1.82) is 0 Å². The average molecular weight is 166 g/mol. The topological polar surface area (TPSA) is 66.0 Å². The number of rotatable bonds is 0. The number of ketones is 1. The zero-order chi connectivity index (χ0) is 8.72. The third-order valence-corrected chi connectivity index (χ3v) is 2.15. The van der Waals surface area contributed by atoms with Crippen molar-refractivity contribution in [2.24, 2.45) is 0 Å². The van der Waals surface area contributed by atoms with E-state index in [4.69, 9.17) is 0 Å². The molecular weight excluding hydrogens is 156 g/mol. The van der Waals surface area contributed by atoms with Crippen molar-refractivity contribution in [2.75, 3.05) is 0 Å². The van der Waals surface area contributed by atoms with Gasteiger partial charge in [0.15, 0.2) is 5.78 Å². The van der Waals surface area contributed by atoms with Gasteiger partial charge in [0.05, 0.1) is 17.4 Å². The van der Waals surface area contributed by atoms with Gasteiger partial charge < -0.3 is 5.11 Å². The Morgan fingerprint density at radius 2 is 2.33 bits per heavy atom. The first kappa shape index (κ1) is 7.49. The van der Waals surface area contributed by atoms with Crippen LogP contribution in [0.25, 0.3) is 0 Å². The summed E-state index contributed by atoms with van der Waals surface area (Å²) in [4.78, 5) is 11.4. The molecule has 0 radical (unpaired) electrons. The van der Waals surface area contributed by atoms with Crippen LogP contribution < -0.4 is 0 Å². The number of nitrogens with zero attached hydrogens (tertiary/aromatic N) is 1. The molecular formula is C8H10N2O2. The van der Waals surface area contributed by atoms with Gasteiger partial charge in [0.2, 0.25) is 0 Å². The Hall–Kier alpha value is -1.16. The molecule has 1 unspecified atom stereocenters. The number of carbonyl (C=O) groups is 1. The van der Waals surface area contributed by atoms with Gasteiger partial charge in [-0.2, -0.15) is 5.10 Å². The highest BCUT2D eigenvalue weighted by Crippen LogP contribution is 2.21. The number of aryl methyl sites for hydroxylation is 1. The van der Waals surface area contributed by atoms with E-state index in [1.807, 2.05) is 6.92 Å². The second-order valence-electron chi connectivity index (χ2n) is 3.16. The van der Waals surface area contributed by atoms with Gasteiger partial charge in [-0.1, -0.05) is 0 Å². The van der Waals surface area contributed by atoms with E-state index in [0.717, 1.165) is 5.69 Å². The van der Waals surface area contributed by atoms with Gasteiger partial charge in [-0.3, -0.25) is 9.89 Å². The largest absolute Gasteiger partial charge is 0.392 e. The lowest BCUT2D eigenvalue weighted by atomic mass is 9.93. The number of hydrogen-bond acceptors (Lipinski definition) is 3. The quantitative estimate of drug-likeness (QED) is 0.579. The summed E-state index contributed by atoms with van der Waals surface area (Å²) >= 11 is 0. The summed E-state index contributed by atoms with van der Waals surface area (Å²) in [5.41, 5.74) is 2.19. The Balaban J connectivity index is 2.50. The fraction of sp³-hybridized carbons (Fsp3) is 0.500. The Bertz CT molecular complexity index is 330. The molecule has 2 N–H and O–H groups in total. The zero-order valence-corrected chi connectivity index (χ0v) is 6.79. The monoisotopic (exact) mass is 166 g/mol. The summed E-state index contributed by atoms with van der Waals surface area (Å²) in [5.74, 6) is -0.00463. The molecule has 0 amide bonds. The third kappa shape index (κ3) is 0.956.